The largest absolute Gasteiger partial charge is 0.348 e. The molecule has 1 atom stereocenters. The highest BCUT2D eigenvalue weighted by molar-refractivity contribution is 7.92. The summed E-state index contributed by atoms with van der Waals surface area (Å²) < 4.78 is 25.7. The van der Waals surface area contributed by atoms with Crippen LogP contribution < -0.4 is 9.62 Å². The molecule has 0 aromatic heterocycles. The second kappa shape index (κ2) is 9.71. The molecule has 0 radical (unpaired) electrons. The number of nitro benzene ring substituents is 1. The maximum atomic E-state index is 12.8. The third-order valence-corrected chi connectivity index (χ3v) is 5.80. The molecule has 0 unspecified atom stereocenters. The van der Waals surface area contributed by atoms with E-state index in [0.29, 0.717) is 12.3 Å². The number of rotatable bonds is 9. The number of anilines is 1. The number of carbonyl (C=O) groups excluding carboxylic acids is 1. The van der Waals surface area contributed by atoms with Gasteiger partial charge >= 0.3 is 0 Å². The lowest BCUT2D eigenvalue weighted by Crippen LogP contribution is -2.42. The smallest absolute Gasteiger partial charge is 0.274 e. The highest BCUT2D eigenvalue weighted by atomic mass is 32.2. The highest BCUT2D eigenvalue weighted by Gasteiger charge is 2.27. The van der Waals surface area contributed by atoms with Crippen LogP contribution in [0.2, 0.25) is 0 Å². The van der Waals surface area contributed by atoms with Gasteiger partial charge in [-0.25, -0.2) is 8.42 Å². The molecule has 2 aromatic rings. The number of nitrogens with zero attached hydrogens (tertiary/aromatic N) is 2. The summed E-state index contributed by atoms with van der Waals surface area (Å²) in [4.78, 5) is 23.5. The first kappa shape index (κ1) is 23.3. The Hall–Kier alpha value is -2.94. The molecule has 0 saturated heterocycles. The van der Waals surface area contributed by atoms with E-state index in [0.717, 1.165) is 16.1 Å². The molecule has 1 N–H and O–H groups in total. The summed E-state index contributed by atoms with van der Waals surface area (Å²) in [7, 11) is -3.85. The SMILES string of the molecule is Cc1c(N(CC(=O)N[C@H](CC(C)C)c2ccccc2)S(C)(=O)=O)cccc1[N+](=O)[O-]. The van der Waals surface area contributed by atoms with Crippen molar-refractivity contribution in [2.24, 2.45) is 5.92 Å². The molecule has 8 nitrogen and oxygen atoms in total. The van der Waals surface area contributed by atoms with E-state index in [4.69, 9.17) is 0 Å². The summed E-state index contributed by atoms with van der Waals surface area (Å²) in [5.74, 6) is -0.179. The van der Waals surface area contributed by atoms with Crippen molar-refractivity contribution in [2.75, 3.05) is 17.1 Å². The van der Waals surface area contributed by atoms with Crippen LogP contribution in [-0.2, 0) is 14.8 Å². The molecule has 1 amide bonds. The number of amides is 1. The zero-order valence-corrected chi connectivity index (χ0v) is 18.3. The lowest BCUT2D eigenvalue weighted by atomic mass is 9.97. The maximum absolute atomic E-state index is 12.8. The fourth-order valence-electron chi connectivity index (χ4n) is 3.27. The van der Waals surface area contributed by atoms with Gasteiger partial charge in [-0.3, -0.25) is 19.2 Å². The predicted molar refractivity (Wildman–Crippen MR) is 117 cm³/mol. The Morgan fingerprint density at radius 2 is 1.77 bits per heavy atom. The van der Waals surface area contributed by atoms with Crippen LogP contribution in [0, 0.1) is 23.0 Å². The van der Waals surface area contributed by atoms with Crippen molar-refractivity contribution in [3.8, 4) is 0 Å². The molecule has 2 rings (SSSR count). The van der Waals surface area contributed by atoms with Crippen LogP contribution in [0.25, 0.3) is 0 Å². The number of carbonyl (C=O) groups is 1. The Balaban J connectivity index is 2.32. The van der Waals surface area contributed by atoms with Crippen molar-refractivity contribution in [3.05, 3.63) is 69.8 Å². The topological polar surface area (TPSA) is 110 Å². The Morgan fingerprint density at radius 1 is 1.13 bits per heavy atom. The summed E-state index contributed by atoms with van der Waals surface area (Å²) in [5.41, 5.74) is 1.02. The predicted octanol–water partition coefficient (Wildman–Crippen LogP) is 3.57. The molecule has 0 bridgehead atoms. The summed E-state index contributed by atoms with van der Waals surface area (Å²) >= 11 is 0. The normalized spacial score (nSPS) is 12.4. The zero-order chi connectivity index (χ0) is 22.5. The molecular formula is C21H27N3O5S. The number of hydrogen-bond acceptors (Lipinski definition) is 5. The van der Waals surface area contributed by atoms with Crippen molar-refractivity contribution < 1.29 is 18.1 Å². The minimum atomic E-state index is -3.85. The van der Waals surface area contributed by atoms with Gasteiger partial charge in [-0.05, 0) is 30.9 Å². The molecule has 0 saturated carbocycles. The van der Waals surface area contributed by atoms with Crippen molar-refractivity contribution in [1.29, 1.82) is 0 Å². The molecule has 2 aromatic carbocycles. The second-order valence-electron chi connectivity index (χ2n) is 7.61. The number of hydrogen-bond donors (Lipinski definition) is 1. The fourth-order valence-corrected chi connectivity index (χ4v) is 4.17. The van der Waals surface area contributed by atoms with Gasteiger partial charge in [0.1, 0.15) is 6.54 Å². The molecule has 0 fully saturated rings. The summed E-state index contributed by atoms with van der Waals surface area (Å²) in [6, 6.07) is 13.3. The van der Waals surface area contributed by atoms with Gasteiger partial charge in [0.2, 0.25) is 15.9 Å². The molecule has 162 valence electrons. The van der Waals surface area contributed by atoms with Crippen molar-refractivity contribution in [1.82, 2.24) is 5.32 Å². The first-order chi connectivity index (χ1) is 14.0. The maximum Gasteiger partial charge on any atom is 0.274 e. The van der Waals surface area contributed by atoms with E-state index in [1.54, 1.807) is 0 Å². The van der Waals surface area contributed by atoms with E-state index in [9.17, 15) is 23.3 Å². The van der Waals surface area contributed by atoms with E-state index >= 15 is 0 Å². The van der Waals surface area contributed by atoms with Gasteiger partial charge in [-0.1, -0.05) is 50.2 Å². The van der Waals surface area contributed by atoms with Gasteiger partial charge in [-0.15, -0.1) is 0 Å². The number of sulfonamides is 1. The van der Waals surface area contributed by atoms with Gasteiger partial charge in [-0.2, -0.15) is 0 Å². The van der Waals surface area contributed by atoms with Crippen LogP contribution >= 0.6 is 0 Å². The zero-order valence-electron chi connectivity index (χ0n) is 17.5. The summed E-state index contributed by atoms with van der Waals surface area (Å²) in [5, 5.41) is 14.1. The number of benzene rings is 2. The average Bonchev–Trinajstić information content (AvgIpc) is 2.65. The monoisotopic (exact) mass is 433 g/mol. The van der Waals surface area contributed by atoms with Crippen LogP contribution in [0.15, 0.2) is 48.5 Å². The van der Waals surface area contributed by atoms with Gasteiger partial charge in [0, 0.05) is 6.07 Å². The molecule has 0 aliphatic rings. The summed E-state index contributed by atoms with van der Waals surface area (Å²) in [6.45, 7) is 5.08. The Kier molecular flexibility index (Phi) is 7.55. The minimum Gasteiger partial charge on any atom is -0.348 e. The van der Waals surface area contributed by atoms with Gasteiger partial charge in [0.15, 0.2) is 0 Å². The standard InChI is InChI=1S/C21H27N3O5S/c1-15(2)13-18(17-9-6-5-7-10-17)22-21(25)14-23(30(4,28)29)19-11-8-12-20(16(19)3)24(26)27/h5-12,15,18H,13-14H2,1-4H3,(H,22,25)/t18-/m1/s1. The Bertz CT molecular complexity index is 1010. The van der Waals surface area contributed by atoms with Crippen molar-refractivity contribution >= 4 is 27.3 Å². The fraction of sp³-hybridized carbons (Fsp3) is 0.381. The van der Waals surface area contributed by atoms with E-state index in [1.807, 2.05) is 44.2 Å². The van der Waals surface area contributed by atoms with Gasteiger partial charge < -0.3 is 5.32 Å². The van der Waals surface area contributed by atoms with E-state index < -0.39 is 27.4 Å². The average molecular weight is 434 g/mol. The first-order valence-electron chi connectivity index (χ1n) is 9.56. The molecule has 0 spiro atoms. The van der Waals surface area contributed by atoms with Crippen LogP contribution in [0.1, 0.15) is 37.4 Å². The molecule has 9 heteroatoms. The molecule has 30 heavy (non-hydrogen) atoms. The van der Waals surface area contributed by atoms with Crippen LogP contribution in [-0.4, -0.2) is 32.0 Å². The van der Waals surface area contributed by atoms with Crippen molar-refractivity contribution in [3.63, 3.8) is 0 Å². The Morgan fingerprint density at radius 3 is 2.30 bits per heavy atom. The number of nitrogens with one attached hydrogen (secondary N) is 1. The van der Waals surface area contributed by atoms with E-state index in [-0.39, 0.29) is 23.0 Å². The van der Waals surface area contributed by atoms with Crippen LogP contribution in [0.4, 0.5) is 11.4 Å². The Labute approximate surface area is 177 Å². The van der Waals surface area contributed by atoms with Gasteiger partial charge in [0.05, 0.1) is 28.5 Å². The number of nitro groups is 1. The van der Waals surface area contributed by atoms with Gasteiger partial charge in [0.25, 0.3) is 5.69 Å². The summed E-state index contributed by atoms with van der Waals surface area (Å²) in [6.07, 6.45) is 1.66. The van der Waals surface area contributed by atoms with Crippen LogP contribution in [0.5, 0.6) is 0 Å². The van der Waals surface area contributed by atoms with Crippen molar-refractivity contribution in [2.45, 2.75) is 33.2 Å². The lowest BCUT2D eigenvalue weighted by Gasteiger charge is -2.26. The lowest BCUT2D eigenvalue weighted by molar-refractivity contribution is -0.385. The third-order valence-electron chi connectivity index (χ3n) is 4.67. The first-order valence-corrected chi connectivity index (χ1v) is 11.4. The van der Waals surface area contributed by atoms with E-state index in [1.165, 1.54) is 25.1 Å². The minimum absolute atomic E-state index is 0.113. The van der Waals surface area contributed by atoms with Crippen LogP contribution in [0.3, 0.4) is 0 Å². The molecule has 0 aliphatic carbocycles. The molecular weight excluding hydrogens is 406 g/mol. The quantitative estimate of drug-likeness (QED) is 0.480. The molecule has 0 aliphatic heterocycles. The second-order valence-corrected chi connectivity index (χ2v) is 9.52. The third kappa shape index (κ3) is 6.03. The highest BCUT2D eigenvalue weighted by Crippen LogP contribution is 2.30. The molecule has 0 heterocycles. The van der Waals surface area contributed by atoms with E-state index in [2.05, 4.69) is 5.32 Å².